The van der Waals surface area contributed by atoms with Gasteiger partial charge in [0.05, 0.1) is 11.4 Å². The molecular formula is C22H30N2O2. The molecule has 26 heavy (non-hydrogen) atoms. The molecule has 0 bridgehead atoms. The molecule has 0 aromatic heterocycles. The first-order chi connectivity index (χ1) is 12.7. The van der Waals surface area contributed by atoms with E-state index in [2.05, 4.69) is 24.5 Å². The minimum Gasteiger partial charge on any atom is -0.324 e. The summed E-state index contributed by atoms with van der Waals surface area (Å²) in [6.07, 6.45) is 7.03. The minimum atomic E-state index is -0.00443. The fourth-order valence-electron chi connectivity index (χ4n) is 3.00. The van der Waals surface area contributed by atoms with Gasteiger partial charge in [0.15, 0.2) is 0 Å². The number of fused-ring (bicyclic) bond motifs is 1. The van der Waals surface area contributed by atoms with Crippen molar-refractivity contribution in [1.29, 1.82) is 0 Å². The number of unbranched alkanes of at least 4 members (excludes halogenated alkanes) is 4. The van der Waals surface area contributed by atoms with E-state index in [1.807, 2.05) is 36.4 Å². The topological polar surface area (TPSA) is 58.2 Å². The highest BCUT2D eigenvalue weighted by molar-refractivity contribution is 6.09. The number of anilines is 2. The quantitative estimate of drug-likeness (QED) is 0.524. The van der Waals surface area contributed by atoms with E-state index in [0.717, 1.165) is 49.3 Å². The Morgan fingerprint density at radius 2 is 1.38 bits per heavy atom. The first kappa shape index (κ1) is 20.0. The van der Waals surface area contributed by atoms with Gasteiger partial charge in [-0.25, -0.2) is 0 Å². The Morgan fingerprint density at radius 1 is 0.769 bits per heavy atom. The summed E-state index contributed by atoms with van der Waals surface area (Å²) in [6, 6.07) is 11.8. The van der Waals surface area contributed by atoms with Crippen LogP contribution in [0.1, 0.15) is 65.2 Å². The highest BCUT2D eigenvalue weighted by Gasteiger charge is 2.13. The number of carbonyl (C=O) groups excluding carboxylic acids is 2. The molecule has 0 aliphatic carbocycles. The molecule has 2 rings (SSSR count). The van der Waals surface area contributed by atoms with E-state index < -0.39 is 0 Å². The van der Waals surface area contributed by atoms with Crippen LogP contribution in [-0.4, -0.2) is 11.8 Å². The van der Waals surface area contributed by atoms with Crippen LogP contribution in [0.4, 0.5) is 11.4 Å². The van der Waals surface area contributed by atoms with E-state index >= 15 is 0 Å². The molecule has 2 amide bonds. The highest BCUT2D eigenvalue weighted by Crippen LogP contribution is 2.32. The van der Waals surface area contributed by atoms with E-state index in [4.69, 9.17) is 0 Å². The molecule has 0 fully saturated rings. The normalized spacial score (nSPS) is 10.7. The van der Waals surface area contributed by atoms with Gasteiger partial charge in [0.1, 0.15) is 0 Å². The van der Waals surface area contributed by atoms with Gasteiger partial charge in [-0.3, -0.25) is 9.59 Å². The Kier molecular flexibility index (Phi) is 8.13. The summed E-state index contributed by atoms with van der Waals surface area (Å²) in [5.74, 6) is -0.00787. The fourth-order valence-corrected chi connectivity index (χ4v) is 3.00. The van der Waals surface area contributed by atoms with Crippen LogP contribution in [0.3, 0.4) is 0 Å². The second-order valence-electron chi connectivity index (χ2n) is 6.72. The molecule has 0 heterocycles. The van der Waals surface area contributed by atoms with E-state index in [1.54, 1.807) is 0 Å². The standard InChI is InChI=1S/C22H30N2O2/c1-3-5-7-13-20(25)23-19-16-15-17-11-9-10-12-18(17)22(19)24-21(26)14-8-6-4-2/h9-12,15-16H,3-8,13-14H2,1-2H3,(H,23,25)(H,24,26). The highest BCUT2D eigenvalue weighted by atomic mass is 16.2. The predicted molar refractivity (Wildman–Crippen MR) is 109 cm³/mol. The summed E-state index contributed by atoms with van der Waals surface area (Å²) < 4.78 is 0. The van der Waals surface area contributed by atoms with Crippen LogP contribution >= 0.6 is 0 Å². The Morgan fingerprint density at radius 3 is 2.04 bits per heavy atom. The lowest BCUT2D eigenvalue weighted by atomic mass is 10.1. The van der Waals surface area contributed by atoms with Gasteiger partial charge >= 0.3 is 0 Å². The number of benzene rings is 2. The van der Waals surface area contributed by atoms with Crippen LogP contribution < -0.4 is 10.6 Å². The van der Waals surface area contributed by atoms with E-state index in [0.29, 0.717) is 24.2 Å². The Bertz CT molecular complexity index is 740. The van der Waals surface area contributed by atoms with Gasteiger partial charge in [-0.2, -0.15) is 0 Å². The third-order valence-electron chi connectivity index (χ3n) is 4.48. The van der Waals surface area contributed by atoms with Crippen molar-refractivity contribution >= 4 is 34.0 Å². The third kappa shape index (κ3) is 5.87. The molecule has 0 aliphatic rings. The zero-order valence-electron chi connectivity index (χ0n) is 15.9. The Balaban J connectivity index is 2.19. The number of hydrogen-bond acceptors (Lipinski definition) is 2. The molecule has 0 aliphatic heterocycles. The molecule has 0 saturated heterocycles. The Hall–Kier alpha value is -2.36. The van der Waals surface area contributed by atoms with Crippen molar-refractivity contribution in [2.24, 2.45) is 0 Å². The molecule has 0 radical (unpaired) electrons. The van der Waals surface area contributed by atoms with Crippen LogP contribution in [-0.2, 0) is 9.59 Å². The summed E-state index contributed by atoms with van der Waals surface area (Å²) in [5, 5.41) is 8.00. The summed E-state index contributed by atoms with van der Waals surface area (Å²) >= 11 is 0. The maximum atomic E-state index is 12.4. The van der Waals surface area contributed by atoms with Gasteiger partial charge in [-0.15, -0.1) is 0 Å². The third-order valence-corrected chi connectivity index (χ3v) is 4.48. The first-order valence-corrected chi connectivity index (χ1v) is 9.77. The fraction of sp³-hybridized carbons (Fsp3) is 0.455. The molecule has 0 spiro atoms. The lowest BCUT2D eigenvalue weighted by molar-refractivity contribution is -0.117. The smallest absolute Gasteiger partial charge is 0.224 e. The average molecular weight is 354 g/mol. The van der Waals surface area contributed by atoms with E-state index in [-0.39, 0.29) is 11.8 Å². The monoisotopic (exact) mass is 354 g/mol. The van der Waals surface area contributed by atoms with Crippen molar-refractivity contribution < 1.29 is 9.59 Å². The number of amides is 2. The van der Waals surface area contributed by atoms with Crippen LogP contribution in [0.25, 0.3) is 10.8 Å². The van der Waals surface area contributed by atoms with Gasteiger partial charge in [0.25, 0.3) is 0 Å². The van der Waals surface area contributed by atoms with Crippen molar-refractivity contribution in [3.8, 4) is 0 Å². The molecule has 0 saturated carbocycles. The molecule has 0 atom stereocenters. The van der Waals surface area contributed by atoms with Gasteiger partial charge in [0, 0.05) is 18.2 Å². The van der Waals surface area contributed by atoms with E-state index in [9.17, 15) is 9.59 Å². The molecule has 4 heteroatoms. The van der Waals surface area contributed by atoms with Crippen molar-refractivity contribution in [3.63, 3.8) is 0 Å². The molecule has 2 N–H and O–H groups in total. The van der Waals surface area contributed by atoms with Gasteiger partial charge in [-0.05, 0) is 24.3 Å². The lowest BCUT2D eigenvalue weighted by Crippen LogP contribution is -2.16. The number of rotatable bonds is 10. The zero-order chi connectivity index (χ0) is 18.8. The number of nitrogens with one attached hydrogen (secondary N) is 2. The molecule has 2 aromatic carbocycles. The summed E-state index contributed by atoms with van der Waals surface area (Å²) in [5.41, 5.74) is 1.38. The van der Waals surface area contributed by atoms with Gasteiger partial charge < -0.3 is 10.6 Å². The molecule has 2 aromatic rings. The van der Waals surface area contributed by atoms with Gasteiger partial charge in [0.2, 0.25) is 11.8 Å². The lowest BCUT2D eigenvalue weighted by Gasteiger charge is -2.15. The summed E-state index contributed by atoms with van der Waals surface area (Å²) in [4.78, 5) is 24.6. The largest absolute Gasteiger partial charge is 0.324 e. The maximum Gasteiger partial charge on any atom is 0.224 e. The average Bonchev–Trinajstić information content (AvgIpc) is 2.64. The molecular weight excluding hydrogens is 324 g/mol. The van der Waals surface area contributed by atoms with Gasteiger partial charge in [-0.1, -0.05) is 69.9 Å². The van der Waals surface area contributed by atoms with Crippen molar-refractivity contribution in [1.82, 2.24) is 0 Å². The van der Waals surface area contributed by atoms with Crippen LogP contribution in [0.2, 0.25) is 0 Å². The van der Waals surface area contributed by atoms with Crippen molar-refractivity contribution in [2.45, 2.75) is 65.2 Å². The SMILES string of the molecule is CCCCCC(=O)Nc1ccc2ccccc2c1NC(=O)CCCCC. The molecule has 0 unspecified atom stereocenters. The number of carbonyl (C=O) groups is 2. The summed E-state index contributed by atoms with van der Waals surface area (Å²) in [7, 11) is 0. The first-order valence-electron chi connectivity index (χ1n) is 9.77. The van der Waals surface area contributed by atoms with Crippen molar-refractivity contribution in [3.05, 3.63) is 36.4 Å². The zero-order valence-corrected chi connectivity index (χ0v) is 15.9. The predicted octanol–water partition coefficient (Wildman–Crippen LogP) is 5.88. The second kappa shape index (κ2) is 10.6. The molecule has 140 valence electrons. The second-order valence-corrected chi connectivity index (χ2v) is 6.72. The van der Waals surface area contributed by atoms with Crippen LogP contribution in [0, 0.1) is 0 Å². The van der Waals surface area contributed by atoms with E-state index in [1.165, 1.54) is 0 Å². The van der Waals surface area contributed by atoms with Crippen molar-refractivity contribution in [2.75, 3.05) is 10.6 Å². The van der Waals surface area contributed by atoms with Crippen LogP contribution in [0.5, 0.6) is 0 Å². The molecule has 4 nitrogen and oxygen atoms in total. The number of hydrogen-bond donors (Lipinski definition) is 2. The summed E-state index contributed by atoms with van der Waals surface area (Å²) in [6.45, 7) is 4.24. The van der Waals surface area contributed by atoms with Crippen LogP contribution in [0.15, 0.2) is 36.4 Å². The Labute approximate surface area is 156 Å². The maximum absolute atomic E-state index is 12.4. The minimum absolute atomic E-state index is 0.00344.